The molecule has 0 aliphatic carbocycles. The number of rotatable bonds is 5. The molecule has 3 fully saturated rings. The molecule has 0 amide bonds. The van der Waals surface area contributed by atoms with Gasteiger partial charge in [0.15, 0.2) is 18.9 Å². The summed E-state index contributed by atoms with van der Waals surface area (Å²) in [6.45, 7) is 0.803. The van der Waals surface area contributed by atoms with E-state index in [-0.39, 0.29) is 18.3 Å². The zero-order chi connectivity index (χ0) is 22.0. The summed E-state index contributed by atoms with van der Waals surface area (Å²) in [6.07, 6.45) is -2.99. The summed E-state index contributed by atoms with van der Waals surface area (Å²) in [5.41, 5.74) is 2.99. The van der Waals surface area contributed by atoms with Gasteiger partial charge in [0.1, 0.15) is 24.4 Å². The lowest BCUT2D eigenvalue weighted by Gasteiger charge is -2.45. The molecule has 0 unspecified atom stereocenters. The van der Waals surface area contributed by atoms with Crippen molar-refractivity contribution in [2.45, 2.75) is 49.9 Å². The van der Waals surface area contributed by atoms with Gasteiger partial charge in [0.25, 0.3) is 0 Å². The van der Waals surface area contributed by atoms with Gasteiger partial charge in [-0.05, 0) is 5.56 Å². The van der Waals surface area contributed by atoms with E-state index in [2.05, 4.69) is 0 Å². The maximum absolute atomic E-state index is 6.42. The van der Waals surface area contributed by atoms with Crippen LogP contribution in [-0.4, -0.2) is 37.3 Å². The Morgan fingerprint density at radius 2 is 1.18 bits per heavy atom. The van der Waals surface area contributed by atoms with Crippen LogP contribution >= 0.6 is 0 Å². The first-order chi connectivity index (χ1) is 16.3. The van der Waals surface area contributed by atoms with Gasteiger partial charge in [-0.25, -0.2) is 0 Å². The SMILES string of the molecule is c1ccc(CO[C@H]2O[C@@H]3CO[C@@H](c4ccccc4)O[C@H]3[C@@H]3O[C@H](c4ccccc4)O[C@H]23)cc1. The molecular weight excluding hydrogens is 420 g/mol. The largest absolute Gasteiger partial charge is 0.346 e. The third-order valence-corrected chi connectivity index (χ3v) is 6.25. The standard InChI is InChI=1S/C27H26O6/c1-4-10-18(11-5-1)16-28-27-24-23(32-26(33-24)20-14-8-3-9-15-20)22-21(30-27)17-29-25(31-22)19-12-6-2-7-13-19/h1-15,21-27H,16-17H2/t21-,22-,23+,24+,25-,26+,27+/m1/s1. The molecule has 6 nitrogen and oxygen atoms in total. The normalized spacial score (nSPS) is 33.3. The van der Waals surface area contributed by atoms with Crippen LogP contribution in [0.4, 0.5) is 0 Å². The Labute approximate surface area is 192 Å². The van der Waals surface area contributed by atoms with Crippen LogP contribution in [0, 0.1) is 0 Å². The van der Waals surface area contributed by atoms with Gasteiger partial charge in [-0.15, -0.1) is 0 Å². The fourth-order valence-electron chi connectivity index (χ4n) is 4.60. The summed E-state index contributed by atoms with van der Waals surface area (Å²) in [6, 6.07) is 29.9. The third kappa shape index (κ3) is 4.34. The predicted octanol–water partition coefficient (Wildman–Crippen LogP) is 4.53. The predicted molar refractivity (Wildman–Crippen MR) is 119 cm³/mol. The van der Waals surface area contributed by atoms with Gasteiger partial charge in [-0.3, -0.25) is 0 Å². The second kappa shape index (κ2) is 9.35. The maximum Gasteiger partial charge on any atom is 0.187 e. The molecule has 7 atom stereocenters. The molecule has 0 radical (unpaired) electrons. The van der Waals surface area contributed by atoms with Crippen LogP contribution in [-0.2, 0) is 35.0 Å². The van der Waals surface area contributed by atoms with Gasteiger partial charge < -0.3 is 28.4 Å². The molecule has 3 aromatic rings. The van der Waals surface area contributed by atoms with Gasteiger partial charge in [-0.1, -0.05) is 91.0 Å². The molecule has 3 aliphatic rings. The maximum atomic E-state index is 6.42. The molecule has 0 aromatic heterocycles. The molecule has 33 heavy (non-hydrogen) atoms. The highest BCUT2D eigenvalue weighted by Crippen LogP contribution is 2.43. The second-order valence-corrected chi connectivity index (χ2v) is 8.46. The Hall–Kier alpha value is -2.58. The highest BCUT2D eigenvalue weighted by Gasteiger charge is 2.56. The lowest BCUT2D eigenvalue weighted by atomic mass is 9.98. The van der Waals surface area contributed by atoms with E-state index < -0.39 is 25.0 Å². The van der Waals surface area contributed by atoms with Crippen LogP contribution in [0.2, 0.25) is 0 Å². The number of hydrogen-bond acceptors (Lipinski definition) is 6. The van der Waals surface area contributed by atoms with Gasteiger partial charge in [-0.2, -0.15) is 0 Å². The van der Waals surface area contributed by atoms with Crippen LogP contribution in [0.3, 0.4) is 0 Å². The monoisotopic (exact) mass is 446 g/mol. The van der Waals surface area contributed by atoms with E-state index in [0.717, 1.165) is 16.7 Å². The summed E-state index contributed by atoms with van der Waals surface area (Å²) >= 11 is 0. The Bertz CT molecular complexity index is 1030. The molecule has 3 aromatic carbocycles. The second-order valence-electron chi connectivity index (χ2n) is 8.46. The van der Waals surface area contributed by atoms with Crippen LogP contribution in [0.5, 0.6) is 0 Å². The quantitative estimate of drug-likeness (QED) is 0.574. The summed E-state index contributed by atoms with van der Waals surface area (Å²) in [7, 11) is 0. The van der Waals surface area contributed by atoms with Crippen molar-refractivity contribution in [1.29, 1.82) is 0 Å². The Morgan fingerprint density at radius 1 is 0.606 bits per heavy atom. The third-order valence-electron chi connectivity index (χ3n) is 6.25. The summed E-state index contributed by atoms with van der Waals surface area (Å²) in [5.74, 6) is 0. The molecule has 6 rings (SSSR count). The van der Waals surface area contributed by atoms with Gasteiger partial charge in [0, 0.05) is 11.1 Å². The average molecular weight is 446 g/mol. The van der Waals surface area contributed by atoms with Crippen LogP contribution in [0.1, 0.15) is 29.3 Å². The van der Waals surface area contributed by atoms with Crippen molar-refractivity contribution in [1.82, 2.24) is 0 Å². The first-order valence-corrected chi connectivity index (χ1v) is 11.3. The van der Waals surface area contributed by atoms with E-state index in [4.69, 9.17) is 28.4 Å². The van der Waals surface area contributed by atoms with Crippen LogP contribution in [0.15, 0.2) is 91.0 Å². The van der Waals surface area contributed by atoms with Gasteiger partial charge >= 0.3 is 0 Å². The van der Waals surface area contributed by atoms with Crippen molar-refractivity contribution in [3.8, 4) is 0 Å². The molecule has 3 saturated heterocycles. The summed E-state index contributed by atoms with van der Waals surface area (Å²) in [5, 5.41) is 0. The minimum absolute atomic E-state index is 0.315. The molecule has 3 aliphatic heterocycles. The highest BCUT2D eigenvalue weighted by atomic mass is 16.8. The smallest absolute Gasteiger partial charge is 0.187 e. The number of benzene rings is 3. The Kier molecular flexibility index (Phi) is 5.94. The fourth-order valence-corrected chi connectivity index (χ4v) is 4.60. The molecule has 3 heterocycles. The van der Waals surface area contributed by atoms with Crippen molar-refractivity contribution >= 4 is 0 Å². The molecule has 0 N–H and O–H groups in total. The number of hydrogen-bond donors (Lipinski definition) is 0. The summed E-state index contributed by atoms with van der Waals surface area (Å²) in [4.78, 5) is 0. The minimum atomic E-state index is -0.592. The average Bonchev–Trinajstić information content (AvgIpc) is 3.35. The summed E-state index contributed by atoms with van der Waals surface area (Å²) < 4.78 is 37.7. The molecule has 170 valence electrons. The lowest BCUT2D eigenvalue weighted by molar-refractivity contribution is -0.348. The first kappa shape index (κ1) is 21.0. The fraction of sp³-hybridized carbons (Fsp3) is 0.333. The molecule has 6 heteroatoms. The molecule has 0 saturated carbocycles. The molecule has 0 bridgehead atoms. The van der Waals surface area contributed by atoms with Crippen molar-refractivity contribution in [3.63, 3.8) is 0 Å². The zero-order valence-electron chi connectivity index (χ0n) is 18.1. The minimum Gasteiger partial charge on any atom is -0.346 e. The highest BCUT2D eigenvalue weighted by molar-refractivity contribution is 5.19. The Morgan fingerprint density at radius 3 is 1.88 bits per heavy atom. The molecular formula is C27H26O6. The number of fused-ring (bicyclic) bond motifs is 3. The van der Waals surface area contributed by atoms with Crippen LogP contribution in [0.25, 0.3) is 0 Å². The zero-order valence-corrected chi connectivity index (χ0v) is 18.1. The van der Waals surface area contributed by atoms with Crippen molar-refractivity contribution in [2.75, 3.05) is 6.61 Å². The van der Waals surface area contributed by atoms with Crippen molar-refractivity contribution in [3.05, 3.63) is 108 Å². The van der Waals surface area contributed by atoms with E-state index in [1.807, 2.05) is 91.0 Å². The Balaban J connectivity index is 1.24. The van der Waals surface area contributed by atoms with Gasteiger partial charge in [0.05, 0.1) is 13.2 Å². The van der Waals surface area contributed by atoms with Gasteiger partial charge in [0.2, 0.25) is 0 Å². The van der Waals surface area contributed by atoms with E-state index in [1.54, 1.807) is 0 Å². The van der Waals surface area contributed by atoms with Crippen molar-refractivity contribution < 1.29 is 28.4 Å². The van der Waals surface area contributed by atoms with E-state index in [9.17, 15) is 0 Å². The lowest BCUT2D eigenvalue weighted by Crippen LogP contribution is -2.61. The van der Waals surface area contributed by atoms with E-state index in [0.29, 0.717) is 13.2 Å². The first-order valence-electron chi connectivity index (χ1n) is 11.3. The van der Waals surface area contributed by atoms with Crippen molar-refractivity contribution in [2.24, 2.45) is 0 Å². The molecule has 0 spiro atoms. The number of ether oxygens (including phenoxy) is 6. The topological polar surface area (TPSA) is 55.4 Å². The van der Waals surface area contributed by atoms with Crippen LogP contribution < -0.4 is 0 Å². The van der Waals surface area contributed by atoms with E-state index >= 15 is 0 Å². The van der Waals surface area contributed by atoms with E-state index in [1.165, 1.54) is 0 Å².